The van der Waals surface area contributed by atoms with Crippen LogP contribution in [0, 0.1) is 0 Å². The maximum absolute atomic E-state index is 11.7. The molecule has 1 aromatic heterocycles. The molecule has 0 amide bonds. The quantitative estimate of drug-likeness (QED) is 0.718. The predicted octanol–water partition coefficient (Wildman–Crippen LogP) is 3.29. The van der Waals surface area contributed by atoms with Gasteiger partial charge in [-0.05, 0) is 6.42 Å². The van der Waals surface area contributed by atoms with E-state index in [-0.39, 0.29) is 17.7 Å². The first kappa shape index (κ1) is 13.6. The minimum atomic E-state index is -0.250. The van der Waals surface area contributed by atoms with Crippen molar-refractivity contribution in [3.8, 4) is 11.8 Å². The van der Waals surface area contributed by atoms with Gasteiger partial charge >= 0.3 is 0 Å². The Balaban J connectivity index is 2.26. The smallest absolute Gasteiger partial charge is 0.236 e. The van der Waals surface area contributed by atoms with Crippen LogP contribution in [-0.2, 0) is 0 Å². The van der Waals surface area contributed by atoms with Gasteiger partial charge in [0.05, 0.1) is 0 Å². The maximum Gasteiger partial charge on any atom is 0.236 e. The average Bonchev–Trinajstić information content (AvgIpc) is 2.63. The monoisotopic (exact) mass is 239 g/mol. The number of nitrogens with zero attached hydrogens (tertiary/aromatic N) is 1. The number of aromatic hydroxyl groups is 2. The fraction of sp³-hybridized carbons (Fsp3) is 0.615. The summed E-state index contributed by atoms with van der Waals surface area (Å²) in [4.78, 5) is 11.7. The fourth-order valence-corrected chi connectivity index (χ4v) is 1.84. The van der Waals surface area contributed by atoms with Crippen molar-refractivity contribution in [3.05, 3.63) is 12.1 Å². The molecule has 1 aromatic rings. The summed E-state index contributed by atoms with van der Waals surface area (Å²) in [5.74, 6) is -0.641. The summed E-state index contributed by atoms with van der Waals surface area (Å²) in [6.45, 7) is 2.17. The van der Waals surface area contributed by atoms with Gasteiger partial charge in [-0.25, -0.2) is 4.57 Å². The van der Waals surface area contributed by atoms with Crippen molar-refractivity contribution >= 4 is 5.91 Å². The summed E-state index contributed by atoms with van der Waals surface area (Å²) < 4.78 is 0.950. The molecule has 0 bridgehead atoms. The van der Waals surface area contributed by atoms with Gasteiger partial charge in [-0.2, -0.15) is 0 Å². The van der Waals surface area contributed by atoms with Crippen LogP contribution in [-0.4, -0.2) is 20.7 Å². The van der Waals surface area contributed by atoms with E-state index in [1.807, 2.05) is 0 Å². The molecule has 0 saturated heterocycles. The van der Waals surface area contributed by atoms with Crippen molar-refractivity contribution in [2.75, 3.05) is 0 Å². The molecule has 1 rings (SSSR count). The van der Waals surface area contributed by atoms with E-state index < -0.39 is 0 Å². The fourth-order valence-electron chi connectivity index (χ4n) is 1.84. The summed E-state index contributed by atoms with van der Waals surface area (Å²) in [5, 5.41) is 18.7. The van der Waals surface area contributed by atoms with Crippen molar-refractivity contribution < 1.29 is 15.0 Å². The minimum absolute atomic E-state index is 0.196. The lowest BCUT2D eigenvalue weighted by Crippen LogP contribution is -2.08. The van der Waals surface area contributed by atoms with Crippen LogP contribution < -0.4 is 0 Å². The third-order valence-electron chi connectivity index (χ3n) is 2.83. The molecule has 0 saturated carbocycles. The molecule has 4 heteroatoms. The number of aromatic nitrogens is 1. The van der Waals surface area contributed by atoms with Crippen LogP contribution >= 0.6 is 0 Å². The van der Waals surface area contributed by atoms with E-state index in [1.165, 1.54) is 31.4 Å². The zero-order chi connectivity index (χ0) is 12.7. The first-order chi connectivity index (χ1) is 8.16. The van der Waals surface area contributed by atoms with Crippen molar-refractivity contribution in [1.82, 2.24) is 4.57 Å². The van der Waals surface area contributed by atoms with Crippen LogP contribution in [0.3, 0.4) is 0 Å². The van der Waals surface area contributed by atoms with Crippen LogP contribution in [0.5, 0.6) is 11.8 Å². The van der Waals surface area contributed by atoms with Crippen LogP contribution in [0.1, 0.15) is 56.7 Å². The SMILES string of the molecule is CCCCCCCCC(=O)n1c(O)ccc1O. The Morgan fingerprint density at radius 2 is 1.59 bits per heavy atom. The summed E-state index contributed by atoms with van der Waals surface area (Å²) >= 11 is 0. The minimum Gasteiger partial charge on any atom is -0.494 e. The van der Waals surface area contributed by atoms with E-state index in [0.29, 0.717) is 6.42 Å². The van der Waals surface area contributed by atoms with Crippen molar-refractivity contribution in [1.29, 1.82) is 0 Å². The van der Waals surface area contributed by atoms with Gasteiger partial charge in [0.2, 0.25) is 17.7 Å². The Kier molecular flexibility index (Phi) is 5.60. The predicted molar refractivity (Wildman–Crippen MR) is 66.4 cm³/mol. The number of carbonyl (C=O) groups excluding carboxylic acids is 1. The van der Waals surface area contributed by atoms with E-state index >= 15 is 0 Å². The second-order valence-corrected chi connectivity index (χ2v) is 4.30. The lowest BCUT2D eigenvalue weighted by Gasteiger charge is -2.05. The number of unbranched alkanes of at least 4 members (excludes halogenated alkanes) is 5. The lowest BCUT2D eigenvalue weighted by atomic mass is 10.1. The van der Waals surface area contributed by atoms with Gasteiger partial charge in [-0.3, -0.25) is 4.79 Å². The van der Waals surface area contributed by atoms with Crippen molar-refractivity contribution in [2.45, 2.75) is 51.9 Å². The molecule has 1 heterocycles. The average molecular weight is 239 g/mol. The normalized spacial score (nSPS) is 10.6. The van der Waals surface area contributed by atoms with E-state index in [1.54, 1.807) is 0 Å². The second-order valence-electron chi connectivity index (χ2n) is 4.30. The Hall–Kier alpha value is -1.45. The second kappa shape index (κ2) is 6.99. The highest BCUT2D eigenvalue weighted by Crippen LogP contribution is 2.21. The largest absolute Gasteiger partial charge is 0.494 e. The van der Waals surface area contributed by atoms with E-state index in [4.69, 9.17) is 0 Å². The van der Waals surface area contributed by atoms with Gasteiger partial charge in [0.1, 0.15) is 0 Å². The molecule has 17 heavy (non-hydrogen) atoms. The Morgan fingerprint density at radius 3 is 2.18 bits per heavy atom. The van der Waals surface area contributed by atoms with Gasteiger partial charge in [-0.15, -0.1) is 0 Å². The van der Waals surface area contributed by atoms with E-state index in [2.05, 4.69) is 6.92 Å². The van der Waals surface area contributed by atoms with Gasteiger partial charge in [0, 0.05) is 18.6 Å². The summed E-state index contributed by atoms with van der Waals surface area (Å²) in [6, 6.07) is 2.63. The molecule has 0 spiro atoms. The highest BCUT2D eigenvalue weighted by Gasteiger charge is 2.13. The topological polar surface area (TPSA) is 62.5 Å². The molecule has 0 fully saturated rings. The van der Waals surface area contributed by atoms with Crippen LogP contribution in [0.25, 0.3) is 0 Å². The zero-order valence-corrected chi connectivity index (χ0v) is 10.4. The Morgan fingerprint density at radius 1 is 1.06 bits per heavy atom. The molecule has 96 valence electrons. The first-order valence-electron chi connectivity index (χ1n) is 6.29. The summed E-state index contributed by atoms with van der Waals surface area (Å²) in [7, 11) is 0. The molecule has 0 aromatic carbocycles. The standard InChI is InChI=1S/C13H21NO3/c1-2-3-4-5-6-7-8-11(15)14-12(16)9-10-13(14)17/h9-10,16-17H,2-8H2,1H3. The summed E-state index contributed by atoms with van der Waals surface area (Å²) in [6.07, 6.45) is 7.00. The van der Waals surface area contributed by atoms with Crippen molar-refractivity contribution in [3.63, 3.8) is 0 Å². The molecular formula is C13H21NO3. The maximum atomic E-state index is 11.7. The molecule has 2 N–H and O–H groups in total. The molecule has 0 atom stereocenters. The lowest BCUT2D eigenvalue weighted by molar-refractivity contribution is 0.0880. The first-order valence-corrected chi connectivity index (χ1v) is 6.29. The van der Waals surface area contributed by atoms with Gasteiger partial charge < -0.3 is 10.2 Å². The van der Waals surface area contributed by atoms with E-state index in [0.717, 1.165) is 23.8 Å². The number of hydrogen-bond donors (Lipinski definition) is 2. The number of rotatable bonds is 7. The third kappa shape index (κ3) is 4.13. The Bertz CT molecular complexity index is 338. The molecule has 0 unspecified atom stereocenters. The summed E-state index contributed by atoms with van der Waals surface area (Å²) in [5.41, 5.74) is 0. The highest BCUT2D eigenvalue weighted by atomic mass is 16.3. The number of carbonyl (C=O) groups is 1. The van der Waals surface area contributed by atoms with Crippen LogP contribution in [0.2, 0.25) is 0 Å². The van der Waals surface area contributed by atoms with Gasteiger partial charge in [-0.1, -0.05) is 39.0 Å². The molecule has 0 aliphatic heterocycles. The van der Waals surface area contributed by atoms with Crippen molar-refractivity contribution in [2.24, 2.45) is 0 Å². The molecule has 0 aliphatic carbocycles. The van der Waals surface area contributed by atoms with Crippen LogP contribution in [0.4, 0.5) is 0 Å². The molecule has 4 nitrogen and oxygen atoms in total. The molecule has 0 aliphatic rings. The number of hydrogen-bond acceptors (Lipinski definition) is 3. The zero-order valence-electron chi connectivity index (χ0n) is 10.4. The molecule has 0 radical (unpaired) electrons. The van der Waals surface area contributed by atoms with Crippen LogP contribution in [0.15, 0.2) is 12.1 Å². The molecular weight excluding hydrogens is 218 g/mol. The third-order valence-corrected chi connectivity index (χ3v) is 2.83. The Labute approximate surface area is 102 Å². The van der Waals surface area contributed by atoms with Gasteiger partial charge in [0.15, 0.2) is 0 Å². The van der Waals surface area contributed by atoms with E-state index in [9.17, 15) is 15.0 Å². The highest BCUT2D eigenvalue weighted by molar-refractivity contribution is 5.82. The van der Waals surface area contributed by atoms with Gasteiger partial charge in [0.25, 0.3) is 0 Å².